The fourth-order valence-corrected chi connectivity index (χ4v) is 3.06. The fourth-order valence-electron chi connectivity index (χ4n) is 1.29. The number of rotatable bonds is 2. The zero-order valence-electron chi connectivity index (χ0n) is 7.82. The van der Waals surface area contributed by atoms with Crippen LogP contribution in [0, 0.1) is 3.57 Å². The molecule has 1 aromatic carbocycles. The zero-order chi connectivity index (χ0) is 11.1. The highest BCUT2D eigenvalue weighted by Gasteiger charge is 2.14. The Bertz CT molecular complexity index is 603. The molecular formula is C9H8INO3S. The van der Waals surface area contributed by atoms with Gasteiger partial charge in [-0.15, -0.1) is 0 Å². The number of hydrogen-bond acceptors (Lipinski definition) is 3. The summed E-state index contributed by atoms with van der Waals surface area (Å²) in [6.07, 6.45) is 1.54. The van der Waals surface area contributed by atoms with Crippen molar-refractivity contribution in [3.63, 3.8) is 0 Å². The van der Waals surface area contributed by atoms with Crippen molar-refractivity contribution in [2.24, 2.45) is 0 Å². The van der Waals surface area contributed by atoms with Crippen molar-refractivity contribution >= 4 is 43.6 Å². The topological polar surface area (TPSA) is 59.3 Å². The van der Waals surface area contributed by atoms with Gasteiger partial charge >= 0.3 is 0 Å². The minimum absolute atomic E-state index is 0.253. The van der Waals surface area contributed by atoms with E-state index in [0.29, 0.717) is 5.58 Å². The van der Waals surface area contributed by atoms with Crippen LogP contribution < -0.4 is 4.72 Å². The van der Waals surface area contributed by atoms with E-state index < -0.39 is 10.0 Å². The number of hydrogen-bond donors (Lipinski definition) is 1. The molecule has 0 amide bonds. The lowest BCUT2D eigenvalue weighted by molar-refractivity contribution is 0.588. The highest BCUT2D eigenvalue weighted by atomic mass is 127. The summed E-state index contributed by atoms with van der Waals surface area (Å²) in [5.41, 5.74) is 0.714. The van der Waals surface area contributed by atoms with Crippen molar-refractivity contribution in [3.8, 4) is 0 Å². The second-order valence-corrected chi connectivity index (χ2v) is 6.00. The first-order valence-corrected chi connectivity index (χ1v) is 6.71. The fraction of sp³-hybridized carbons (Fsp3) is 0.111. The number of sulfonamides is 1. The summed E-state index contributed by atoms with van der Waals surface area (Å²) in [5, 5.41) is 0.788. The number of furan rings is 1. The van der Waals surface area contributed by atoms with Crippen LogP contribution >= 0.6 is 22.6 Å². The van der Waals surface area contributed by atoms with Crippen molar-refractivity contribution in [1.82, 2.24) is 4.72 Å². The molecule has 6 heteroatoms. The van der Waals surface area contributed by atoms with Gasteiger partial charge in [-0.1, -0.05) is 0 Å². The quantitative estimate of drug-likeness (QED) is 0.852. The van der Waals surface area contributed by atoms with Crippen LogP contribution in [0.3, 0.4) is 0 Å². The maximum absolute atomic E-state index is 11.6. The second kappa shape index (κ2) is 3.76. The molecule has 2 rings (SSSR count). The molecule has 0 bridgehead atoms. The summed E-state index contributed by atoms with van der Waals surface area (Å²) in [6, 6.07) is 4.91. The van der Waals surface area contributed by atoms with Crippen LogP contribution in [0.5, 0.6) is 0 Å². The third kappa shape index (κ3) is 1.88. The van der Waals surface area contributed by atoms with Gasteiger partial charge in [0.2, 0.25) is 10.0 Å². The molecule has 0 atom stereocenters. The summed E-state index contributed by atoms with van der Waals surface area (Å²) >= 11 is 2.05. The van der Waals surface area contributed by atoms with E-state index in [-0.39, 0.29) is 4.90 Å². The first kappa shape index (κ1) is 10.9. The van der Waals surface area contributed by atoms with Crippen LogP contribution in [0.15, 0.2) is 33.8 Å². The van der Waals surface area contributed by atoms with Crippen molar-refractivity contribution in [3.05, 3.63) is 28.0 Å². The molecule has 2 aromatic rings. The van der Waals surface area contributed by atoms with E-state index in [2.05, 4.69) is 27.3 Å². The van der Waals surface area contributed by atoms with Gasteiger partial charge in [-0.05, 0) is 47.8 Å². The number of halogens is 1. The largest absolute Gasteiger partial charge is 0.463 e. The Kier molecular flexibility index (Phi) is 2.73. The molecule has 0 fully saturated rings. The molecule has 1 N–H and O–H groups in total. The Morgan fingerprint density at radius 1 is 1.40 bits per heavy atom. The molecule has 0 aliphatic heterocycles. The molecule has 0 spiro atoms. The molecule has 1 aromatic heterocycles. The molecule has 0 aliphatic carbocycles. The highest BCUT2D eigenvalue weighted by Crippen LogP contribution is 2.25. The van der Waals surface area contributed by atoms with E-state index in [1.807, 2.05) is 0 Å². The third-order valence-corrected chi connectivity index (χ3v) is 4.25. The predicted molar refractivity (Wildman–Crippen MR) is 65.2 cm³/mol. The summed E-state index contributed by atoms with van der Waals surface area (Å²) in [4.78, 5) is 0.253. The lowest BCUT2D eigenvalue weighted by Gasteiger charge is -2.03. The Labute approximate surface area is 101 Å². The Morgan fingerprint density at radius 2 is 2.13 bits per heavy atom. The van der Waals surface area contributed by atoms with Gasteiger partial charge in [0.1, 0.15) is 5.58 Å². The number of fused-ring (bicyclic) bond motifs is 1. The van der Waals surface area contributed by atoms with Gasteiger partial charge in [0.25, 0.3) is 0 Å². The second-order valence-electron chi connectivity index (χ2n) is 2.95. The van der Waals surface area contributed by atoms with Crippen LogP contribution in [0.25, 0.3) is 11.0 Å². The Morgan fingerprint density at radius 3 is 2.80 bits per heavy atom. The lowest BCUT2D eigenvalue weighted by atomic mass is 10.3. The molecule has 1 heterocycles. The van der Waals surface area contributed by atoms with Crippen LogP contribution in [-0.2, 0) is 10.0 Å². The molecule has 15 heavy (non-hydrogen) atoms. The Balaban J connectivity index is 2.75. The van der Waals surface area contributed by atoms with Gasteiger partial charge in [-0.3, -0.25) is 0 Å². The van der Waals surface area contributed by atoms with Gasteiger partial charge < -0.3 is 4.42 Å². The van der Waals surface area contributed by atoms with E-state index in [1.54, 1.807) is 24.5 Å². The molecule has 0 saturated carbocycles. The maximum atomic E-state index is 11.6. The Hall–Kier alpha value is -0.600. The molecular weight excluding hydrogens is 329 g/mol. The van der Waals surface area contributed by atoms with Gasteiger partial charge in [-0.25, -0.2) is 13.1 Å². The average Bonchev–Trinajstić information content (AvgIpc) is 2.66. The normalized spacial score (nSPS) is 12.1. The average molecular weight is 337 g/mol. The molecule has 4 nitrogen and oxygen atoms in total. The summed E-state index contributed by atoms with van der Waals surface area (Å²) < 4.78 is 31.4. The smallest absolute Gasteiger partial charge is 0.240 e. The van der Waals surface area contributed by atoms with Crippen LogP contribution in [0.1, 0.15) is 0 Å². The number of benzene rings is 1. The van der Waals surface area contributed by atoms with Gasteiger partial charge in [0.05, 0.1) is 14.7 Å². The standard InChI is InChI=1S/C9H8INO3S/c1-11-15(12,13)7-4-6-2-3-14-9(6)8(10)5-7/h2-5,11H,1H3. The number of nitrogens with one attached hydrogen (secondary N) is 1. The van der Waals surface area contributed by atoms with E-state index in [9.17, 15) is 8.42 Å². The van der Waals surface area contributed by atoms with Crippen LogP contribution in [0.2, 0.25) is 0 Å². The van der Waals surface area contributed by atoms with Crippen LogP contribution in [0.4, 0.5) is 0 Å². The third-order valence-electron chi connectivity index (χ3n) is 2.06. The van der Waals surface area contributed by atoms with Crippen molar-refractivity contribution in [1.29, 1.82) is 0 Å². The lowest BCUT2D eigenvalue weighted by Crippen LogP contribution is -2.18. The highest BCUT2D eigenvalue weighted by molar-refractivity contribution is 14.1. The van der Waals surface area contributed by atoms with E-state index in [4.69, 9.17) is 4.42 Å². The molecule has 80 valence electrons. The summed E-state index contributed by atoms with van der Waals surface area (Å²) in [6.45, 7) is 0. The SMILES string of the molecule is CNS(=O)(=O)c1cc(I)c2occc2c1. The molecule has 0 saturated heterocycles. The van der Waals surface area contributed by atoms with Gasteiger partial charge in [-0.2, -0.15) is 0 Å². The van der Waals surface area contributed by atoms with Crippen molar-refractivity contribution < 1.29 is 12.8 Å². The molecule has 0 aliphatic rings. The zero-order valence-corrected chi connectivity index (χ0v) is 10.8. The first-order chi connectivity index (χ1) is 7.04. The van der Waals surface area contributed by atoms with Crippen molar-refractivity contribution in [2.75, 3.05) is 7.05 Å². The van der Waals surface area contributed by atoms with Crippen LogP contribution in [-0.4, -0.2) is 15.5 Å². The van der Waals surface area contributed by atoms with Crippen molar-refractivity contribution in [2.45, 2.75) is 4.90 Å². The first-order valence-electron chi connectivity index (χ1n) is 4.15. The minimum atomic E-state index is -3.39. The minimum Gasteiger partial charge on any atom is -0.463 e. The predicted octanol–water partition coefficient (Wildman–Crippen LogP) is 1.95. The monoisotopic (exact) mass is 337 g/mol. The molecule has 0 unspecified atom stereocenters. The van der Waals surface area contributed by atoms with E-state index in [1.165, 1.54) is 7.05 Å². The van der Waals surface area contributed by atoms with E-state index >= 15 is 0 Å². The van der Waals surface area contributed by atoms with E-state index in [0.717, 1.165) is 8.96 Å². The van der Waals surface area contributed by atoms with Gasteiger partial charge in [0, 0.05) is 5.39 Å². The maximum Gasteiger partial charge on any atom is 0.240 e. The summed E-state index contributed by atoms with van der Waals surface area (Å²) in [5.74, 6) is 0. The van der Waals surface area contributed by atoms with Gasteiger partial charge in [0.15, 0.2) is 0 Å². The molecule has 0 radical (unpaired) electrons. The summed E-state index contributed by atoms with van der Waals surface area (Å²) in [7, 11) is -2.00.